The maximum absolute atomic E-state index is 12.7. The summed E-state index contributed by atoms with van der Waals surface area (Å²) in [5.74, 6) is 0.641. The Balaban J connectivity index is 2.06. The van der Waals surface area contributed by atoms with Crippen LogP contribution in [-0.4, -0.2) is 16.8 Å². The van der Waals surface area contributed by atoms with Gasteiger partial charge in [0, 0.05) is 24.7 Å². The molecule has 0 aromatic heterocycles. The number of nitrogens with zero attached hydrogens (tertiary/aromatic N) is 1. The van der Waals surface area contributed by atoms with Gasteiger partial charge in [-0.2, -0.15) is 0 Å². The van der Waals surface area contributed by atoms with Crippen LogP contribution in [0.5, 0.6) is 0 Å². The average Bonchev–Trinajstić information content (AvgIpc) is 3.20. The Morgan fingerprint density at radius 3 is 2.48 bits per heavy atom. The molecule has 1 aliphatic carbocycles. The molecule has 0 heterocycles. The van der Waals surface area contributed by atoms with E-state index in [1.165, 1.54) is 0 Å². The van der Waals surface area contributed by atoms with Crippen LogP contribution >= 0.6 is 0 Å². The largest absolute Gasteiger partial charge is 0.398 e. The molecule has 0 spiro atoms. The van der Waals surface area contributed by atoms with E-state index in [2.05, 4.69) is 27.7 Å². The van der Waals surface area contributed by atoms with E-state index in [1.807, 2.05) is 29.2 Å². The third kappa shape index (κ3) is 4.23. The Bertz CT molecular complexity index is 500. The molecule has 0 radical (unpaired) electrons. The minimum atomic E-state index is 0.163. The van der Waals surface area contributed by atoms with Crippen molar-refractivity contribution in [3.05, 3.63) is 29.8 Å². The normalized spacial score (nSPS) is 16.6. The standard InChI is InChI=1S/C18H28N2O/c1-13(18(2,3)4)11-17(21)20(15-9-10-15)12-14-7-5-6-8-16(14)19/h5-8,13,15H,9-12,19H2,1-4H3. The monoisotopic (exact) mass is 288 g/mol. The summed E-state index contributed by atoms with van der Waals surface area (Å²) in [6.07, 6.45) is 2.87. The first-order valence-corrected chi connectivity index (χ1v) is 7.92. The van der Waals surface area contributed by atoms with Crippen molar-refractivity contribution in [3.8, 4) is 0 Å². The SMILES string of the molecule is CC(CC(=O)N(Cc1ccccc1N)C1CC1)C(C)(C)C. The number of rotatable bonds is 5. The highest BCUT2D eigenvalue weighted by atomic mass is 16.2. The molecule has 0 bridgehead atoms. The first-order chi connectivity index (χ1) is 9.79. The van der Waals surface area contributed by atoms with E-state index in [4.69, 9.17) is 5.73 Å². The molecule has 3 heteroatoms. The number of nitrogen functional groups attached to an aromatic ring is 1. The number of amides is 1. The Kier molecular flexibility index (Phi) is 4.60. The zero-order valence-corrected chi connectivity index (χ0v) is 13.7. The molecule has 1 amide bonds. The van der Waals surface area contributed by atoms with Gasteiger partial charge in [-0.05, 0) is 35.8 Å². The number of anilines is 1. The third-order valence-corrected chi connectivity index (χ3v) is 4.66. The first kappa shape index (κ1) is 15.9. The second-order valence-electron chi connectivity index (χ2n) is 7.42. The smallest absolute Gasteiger partial charge is 0.223 e. The lowest BCUT2D eigenvalue weighted by Crippen LogP contribution is -2.35. The van der Waals surface area contributed by atoms with Crippen molar-refractivity contribution in [2.24, 2.45) is 11.3 Å². The zero-order chi connectivity index (χ0) is 15.6. The summed E-state index contributed by atoms with van der Waals surface area (Å²) in [5, 5.41) is 0. The van der Waals surface area contributed by atoms with Crippen LogP contribution in [0.4, 0.5) is 5.69 Å². The fourth-order valence-electron chi connectivity index (χ4n) is 2.35. The van der Waals surface area contributed by atoms with E-state index in [-0.39, 0.29) is 11.3 Å². The van der Waals surface area contributed by atoms with Gasteiger partial charge in [-0.1, -0.05) is 45.9 Å². The fraction of sp³-hybridized carbons (Fsp3) is 0.611. The molecular formula is C18H28N2O. The lowest BCUT2D eigenvalue weighted by Gasteiger charge is -2.30. The van der Waals surface area contributed by atoms with Gasteiger partial charge < -0.3 is 10.6 Å². The maximum atomic E-state index is 12.7. The van der Waals surface area contributed by atoms with E-state index < -0.39 is 0 Å². The van der Waals surface area contributed by atoms with Gasteiger partial charge in [0.05, 0.1) is 0 Å². The summed E-state index contributed by atoms with van der Waals surface area (Å²) in [4.78, 5) is 14.7. The highest BCUT2D eigenvalue weighted by Crippen LogP contribution is 2.33. The zero-order valence-electron chi connectivity index (χ0n) is 13.7. The molecule has 0 aliphatic heterocycles. The third-order valence-electron chi connectivity index (χ3n) is 4.66. The fourth-order valence-corrected chi connectivity index (χ4v) is 2.35. The molecule has 21 heavy (non-hydrogen) atoms. The summed E-state index contributed by atoms with van der Waals surface area (Å²) in [6.45, 7) is 9.40. The van der Waals surface area contributed by atoms with Gasteiger partial charge in [-0.15, -0.1) is 0 Å². The molecule has 1 aliphatic rings. The van der Waals surface area contributed by atoms with Gasteiger partial charge in [0.1, 0.15) is 0 Å². The molecule has 3 nitrogen and oxygen atoms in total. The second kappa shape index (κ2) is 6.08. The predicted molar refractivity (Wildman–Crippen MR) is 87.7 cm³/mol. The van der Waals surface area contributed by atoms with Crippen molar-refractivity contribution in [2.75, 3.05) is 5.73 Å². The van der Waals surface area contributed by atoms with Crippen LogP contribution < -0.4 is 5.73 Å². The lowest BCUT2D eigenvalue weighted by atomic mass is 9.80. The van der Waals surface area contributed by atoms with E-state index >= 15 is 0 Å². The Morgan fingerprint density at radius 1 is 1.33 bits per heavy atom. The lowest BCUT2D eigenvalue weighted by molar-refractivity contribution is -0.134. The highest BCUT2D eigenvalue weighted by molar-refractivity contribution is 5.77. The van der Waals surface area contributed by atoms with Crippen molar-refractivity contribution >= 4 is 11.6 Å². The second-order valence-corrected chi connectivity index (χ2v) is 7.42. The van der Waals surface area contributed by atoms with Crippen LogP contribution in [0, 0.1) is 11.3 Å². The van der Waals surface area contributed by atoms with Gasteiger partial charge in [0.15, 0.2) is 0 Å². The molecule has 1 fully saturated rings. The van der Waals surface area contributed by atoms with E-state index in [0.717, 1.165) is 24.1 Å². The van der Waals surface area contributed by atoms with Crippen molar-refractivity contribution in [1.82, 2.24) is 4.90 Å². The quantitative estimate of drug-likeness (QED) is 0.837. The molecule has 1 aromatic rings. The summed E-state index contributed by atoms with van der Waals surface area (Å²) < 4.78 is 0. The highest BCUT2D eigenvalue weighted by Gasteiger charge is 2.34. The number of nitrogens with two attached hydrogens (primary N) is 1. The molecule has 2 N–H and O–H groups in total. The molecule has 1 saturated carbocycles. The van der Waals surface area contributed by atoms with Crippen LogP contribution in [0.1, 0.15) is 52.5 Å². The Morgan fingerprint density at radius 2 is 1.95 bits per heavy atom. The maximum Gasteiger partial charge on any atom is 0.223 e. The van der Waals surface area contributed by atoms with Gasteiger partial charge in [-0.25, -0.2) is 0 Å². The average molecular weight is 288 g/mol. The number of carbonyl (C=O) groups excluding carboxylic acids is 1. The van der Waals surface area contributed by atoms with Gasteiger partial charge >= 0.3 is 0 Å². The van der Waals surface area contributed by atoms with Crippen molar-refractivity contribution in [1.29, 1.82) is 0 Å². The minimum absolute atomic E-state index is 0.163. The van der Waals surface area contributed by atoms with Crippen LogP contribution in [0.3, 0.4) is 0 Å². The molecule has 1 aromatic carbocycles. The number of hydrogen-bond acceptors (Lipinski definition) is 2. The van der Waals surface area contributed by atoms with Crippen molar-refractivity contribution in [3.63, 3.8) is 0 Å². The molecule has 116 valence electrons. The first-order valence-electron chi connectivity index (χ1n) is 7.92. The van der Waals surface area contributed by atoms with E-state index in [0.29, 0.717) is 24.9 Å². The number of carbonyl (C=O) groups is 1. The van der Waals surface area contributed by atoms with Gasteiger partial charge in [0.2, 0.25) is 5.91 Å². The molecular weight excluding hydrogens is 260 g/mol. The summed E-state index contributed by atoms with van der Waals surface area (Å²) in [5.41, 5.74) is 8.02. The van der Waals surface area contributed by atoms with Crippen LogP contribution in [0.15, 0.2) is 24.3 Å². The topological polar surface area (TPSA) is 46.3 Å². The van der Waals surface area contributed by atoms with Gasteiger partial charge in [0.25, 0.3) is 0 Å². The predicted octanol–water partition coefficient (Wildman–Crippen LogP) is 3.83. The number of para-hydroxylation sites is 1. The molecule has 0 saturated heterocycles. The van der Waals surface area contributed by atoms with Crippen LogP contribution in [0.25, 0.3) is 0 Å². The van der Waals surface area contributed by atoms with Crippen LogP contribution in [-0.2, 0) is 11.3 Å². The molecule has 1 atom stereocenters. The summed E-state index contributed by atoms with van der Waals surface area (Å²) >= 11 is 0. The summed E-state index contributed by atoms with van der Waals surface area (Å²) in [7, 11) is 0. The van der Waals surface area contributed by atoms with Gasteiger partial charge in [-0.3, -0.25) is 4.79 Å². The molecule has 2 rings (SSSR count). The molecule has 1 unspecified atom stereocenters. The number of benzene rings is 1. The van der Waals surface area contributed by atoms with Crippen molar-refractivity contribution in [2.45, 2.75) is 59.5 Å². The van der Waals surface area contributed by atoms with Crippen LogP contribution in [0.2, 0.25) is 0 Å². The Labute approximate surface area is 128 Å². The summed E-state index contributed by atoms with van der Waals surface area (Å²) in [6, 6.07) is 8.26. The van der Waals surface area contributed by atoms with Crippen molar-refractivity contribution < 1.29 is 4.79 Å². The van der Waals surface area contributed by atoms with E-state index in [1.54, 1.807) is 0 Å². The van der Waals surface area contributed by atoms with E-state index in [9.17, 15) is 4.79 Å². The minimum Gasteiger partial charge on any atom is -0.398 e. The Hall–Kier alpha value is -1.51. The number of hydrogen-bond donors (Lipinski definition) is 1.